The summed E-state index contributed by atoms with van der Waals surface area (Å²) < 4.78 is 0. The molecule has 26 heavy (non-hydrogen) atoms. The fraction of sp³-hybridized carbons (Fsp3) is 0.364. The average Bonchev–Trinajstić information content (AvgIpc) is 2.66. The van der Waals surface area contributed by atoms with Gasteiger partial charge in [-0.25, -0.2) is 0 Å². The SMILES string of the molecule is O=C(O)CCCN(CCc1ccccc1)C(=O)CCCc1ccccc1. The van der Waals surface area contributed by atoms with Crippen LogP contribution in [0.5, 0.6) is 0 Å². The number of hydrogen-bond donors (Lipinski definition) is 1. The summed E-state index contributed by atoms with van der Waals surface area (Å²) in [5.41, 5.74) is 2.43. The molecule has 0 aliphatic carbocycles. The van der Waals surface area contributed by atoms with Crippen LogP contribution >= 0.6 is 0 Å². The first-order chi connectivity index (χ1) is 12.6. The van der Waals surface area contributed by atoms with E-state index in [-0.39, 0.29) is 12.3 Å². The quantitative estimate of drug-likeness (QED) is 0.665. The van der Waals surface area contributed by atoms with Crippen molar-refractivity contribution in [1.82, 2.24) is 4.90 Å². The Morgan fingerprint density at radius 2 is 1.31 bits per heavy atom. The number of hydrogen-bond acceptors (Lipinski definition) is 2. The summed E-state index contributed by atoms with van der Waals surface area (Å²) in [6.45, 7) is 1.14. The van der Waals surface area contributed by atoms with E-state index in [0.29, 0.717) is 25.9 Å². The second kappa shape index (κ2) is 11.1. The Kier molecular flexibility index (Phi) is 8.40. The van der Waals surface area contributed by atoms with Crippen LogP contribution in [0.2, 0.25) is 0 Å². The number of aliphatic carboxylic acids is 1. The number of nitrogens with zero attached hydrogens (tertiary/aromatic N) is 1. The summed E-state index contributed by atoms with van der Waals surface area (Å²) in [5.74, 6) is -0.702. The first-order valence-corrected chi connectivity index (χ1v) is 9.22. The van der Waals surface area contributed by atoms with Gasteiger partial charge in [0.15, 0.2) is 0 Å². The summed E-state index contributed by atoms with van der Waals surface area (Å²) >= 11 is 0. The van der Waals surface area contributed by atoms with E-state index in [1.165, 1.54) is 11.1 Å². The largest absolute Gasteiger partial charge is 0.481 e. The van der Waals surface area contributed by atoms with Gasteiger partial charge in [-0.3, -0.25) is 9.59 Å². The predicted molar refractivity (Wildman–Crippen MR) is 103 cm³/mol. The van der Waals surface area contributed by atoms with Gasteiger partial charge in [-0.1, -0.05) is 60.7 Å². The van der Waals surface area contributed by atoms with Gasteiger partial charge < -0.3 is 10.0 Å². The average molecular weight is 353 g/mol. The van der Waals surface area contributed by atoms with Gasteiger partial charge >= 0.3 is 5.97 Å². The topological polar surface area (TPSA) is 57.6 Å². The van der Waals surface area contributed by atoms with Gasteiger partial charge in [0.1, 0.15) is 0 Å². The molecule has 2 aromatic carbocycles. The van der Waals surface area contributed by atoms with Crippen molar-refractivity contribution < 1.29 is 14.7 Å². The van der Waals surface area contributed by atoms with Gasteiger partial charge in [0, 0.05) is 25.9 Å². The Balaban J connectivity index is 1.83. The Hall–Kier alpha value is -2.62. The van der Waals surface area contributed by atoms with Crippen LogP contribution in [0.1, 0.15) is 36.8 Å². The van der Waals surface area contributed by atoms with Crippen molar-refractivity contribution >= 4 is 11.9 Å². The number of carbonyl (C=O) groups is 2. The van der Waals surface area contributed by atoms with Gasteiger partial charge in [-0.15, -0.1) is 0 Å². The molecular weight excluding hydrogens is 326 g/mol. The molecule has 0 aliphatic rings. The second-order valence-corrected chi connectivity index (χ2v) is 6.45. The van der Waals surface area contributed by atoms with E-state index in [1.54, 1.807) is 0 Å². The fourth-order valence-electron chi connectivity index (χ4n) is 2.94. The van der Waals surface area contributed by atoms with E-state index in [2.05, 4.69) is 24.3 Å². The molecule has 4 heteroatoms. The third-order valence-electron chi connectivity index (χ3n) is 4.38. The van der Waals surface area contributed by atoms with E-state index < -0.39 is 5.97 Å². The Labute approximate surface area is 155 Å². The lowest BCUT2D eigenvalue weighted by molar-refractivity contribution is -0.138. The fourth-order valence-corrected chi connectivity index (χ4v) is 2.94. The highest BCUT2D eigenvalue weighted by molar-refractivity contribution is 5.76. The van der Waals surface area contributed by atoms with Gasteiger partial charge in [0.25, 0.3) is 0 Å². The van der Waals surface area contributed by atoms with Crippen LogP contribution in [0, 0.1) is 0 Å². The molecule has 0 aromatic heterocycles. The molecule has 0 saturated heterocycles. The molecule has 0 radical (unpaired) electrons. The lowest BCUT2D eigenvalue weighted by Crippen LogP contribution is -2.34. The van der Waals surface area contributed by atoms with Gasteiger partial charge in [-0.2, -0.15) is 0 Å². The maximum absolute atomic E-state index is 12.6. The third-order valence-corrected chi connectivity index (χ3v) is 4.38. The highest BCUT2D eigenvalue weighted by Gasteiger charge is 2.14. The van der Waals surface area contributed by atoms with Crippen molar-refractivity contribution in [3.63, 3.8) is 0 Å². The number of carboxylic acid groups (broad SMARTS) is 1. The molecule has 0 spiro atoms. The minimum atomic E-state index is -0.815. The molecule has 1 amide bonds. The number of rotatable bonds is 11. The monoisotopic (exact) mass is 353 g/mol. The molecule has 138 valence electrons. The number of carboxylic acids is 1. The Bertz CT molecular complexity index is 670. The standard InChI is InChI=1S/C22H27NO3/c24-21(14-7-13-19-9-3-1-4-10-19)23(17-8-15-22(25)26)18-16-20-11-5-2-6-12-20/h1-6,9-12H,7-8,13-18H2,(H,25,26). The van der Waals surface area contributed by atoms with E-state index in [4.69, 9.17) is 5.11 Å². The second-order valence-electron chi connectivity index (χ2n) is 6.45. The van der Waals surface area contributed by atoms with E-state index in [1.807, 2.05) is 41.3 Å². The molecule has 0 aliphatic heterocycles. The molecule has 1 N–H and O–H groups in total. The van der Waals surface area contributed by atoms with E-state index in [0.717, 1.165) is 19.3 Å². The van der Waals surface area contributed by atoms with Crippen LogP contribution in [0.4, 0.5) is 0 Å². The number of benzene rings is 2. The molecule has 0 bridgehead atoms. The van der Waals surface area contributed by atoms with Crippen LogP contribution in [0.25, 0.3) is 0 Å². The van der Waals surface area contributed by atoms with Crippen LogP contribution in [0.15, 0.2) is 60.7 Å². The summed E-state index contributed by atoms with van der Waals surface area (Å²) in [6, 6.07) is 20.2. The zero-order valence-corrected chi connectivity index (χ0v) is 15.1. The van der Waals surface area contributed by atoms with Crippen molar-refractivity contribution in [3.05, 3.63) is 71.8 Å². The zero-order valence-electron chi connectivity index (χ0n) is 15.1. The molecule has 4 nitrogen and oxygen atoms in total. The summed E-state index contributed by atoms with van der Waals surface area (Å²) in [4.78, 5) is 25.2. The summed E-state index contributed by atoms with van der Waals surface area (Å²) in [6.07, 6.45) is 3.57. The van der Waals surface area contributed by atoms with E-state index >= 15 is 0 Å². The van der Waals surface area contributed by atoms with E-state index in [9.17, 15) is 9.59 Å². The first-order valence-electron chi connectivity index (χ1n) is 9.22. The van der Waals surface area contributed by atoms with Gasteiger partial charge in [0.05, 0.1) is 0 Å². The normalized spacial score (nSPS) is 10.5. The number of aryl methyl sites for hydroxylation is 1. The lowest BCUT2D eigenvalue weighted by Gasteiger charge is -2.23. The maximum Gasteiger partial charge on any atom is 0.303 e. The molecule has 0 heterocycles. The third kappa shape index (κ3) is 7.51. The van der Waals surface area contributed by atoms with Crippen molar-refractivity contribution in [2.75, 3.05) is 13.1 Å². The number of amides is 1. The number of carbonyl (C=O) groups excluding carboxylic acids is 1. The van der Waals surface area contributed by atoms with Crippen LogP contribution in [0.3, 0.4) is 0 Å². The molecule has 0 atom stereocenters. The zero-order chi connectivity index (χ0) is 18.6. The summed E-state index contributed by atoms with van der Waals surface area (Å²) in [5, 5.41) is 8.84. The van der Waals surface area contributed by atoms with Gasteiger partial charge in [0.2, 0.25) is 5.91 Å². The predicted octanol–water partition coefficient (Wildman–Crippen LogP) is 3.95. The Morgan fingerprint density at radius 1 is 0.731 bits per heavy atom. The van der Waals surface area contributed by atoms with Crippen molar-refractivity contribution in [2.45, 2.75) is 38.5 Å². The first kappa shape index (κ1) is 19.7. The molecule has 0 unspecified atom stereocenters. The minimum absolute atomic E-state index is 0.0964. The highest BCUT2D eigenvalue weighted by atomic mass is 16.4. The molecule has 2 rings (SSSR count). The lowest BCUT2D eigenvalue weighted by atomic mass is 10.1. The molecule has 0 fully saturated rings. The van der Waals surface area contributed by atoms with Crippen LogP contribution in [-0.4, -0.2) is 35.0 Å². The molecule has 2 aromatic rings. The van der Waals surface area contributed by atoms with Gasteiger partial charge in [-0.05, 0) is 36.8 Å². The maximum atomic E-state index is 12.6. The molecular formula is C22H27NO3. The minimum Gasteiger partial charge on any atom is -0.481 e. The van der Waals surface area contributed by atoms with Crippen LogP contribution in [-0.2, 0) is 22.4 Å². The Morgan fingerprint density at radius 3 is 1.88 bits per heavy atom. The highest BCUT2D eigenvalue weighted by Crippen LogP contribution is 2.09. The van der Waals surface area contributed by atoms with Crippen LogP contribution < -0.4 is 0 Å². The molecule has 0 saturated carbocycles. The smallest absolute Gasteiger partial charge is 0.303 e. The van der Waals surface area contributed by atoms with Crippen molar-refractivity contribution in [1.29, 1.82) is 0 Å². The van der Waals surface area contributed by atoms with Crippen molar-refractivity contribution in [3.8, 4) is 0 Å². The summed E-state index contributed by atoms with van der Waals surface area (Å²) in [7, 11) is 0. The van der Waals surface area contributed by atoms with Crippen molar-refractivity contribution in [2.24, 2.45) is 0 Å².